The average molecular weight is 564 g/mol. The van der Waals surface area contributed by atoms with Crippen LogP contribution < -0.4 is 0 Å². The van der Waals surface area contributed by atoms with Crippen LogP contribution in [0.25, 0.3) is 43.8 Å². The molecule has 0 aliphatic rings. The standard InChI is InChI=1S/C26H5F13/c27-8-2-1-6(3-9(8)28)12-14-16(21(34)25(38)23(36)19(14)32)13(7-4-10(29)18(31)11(30)5-7)17-15(12)20(33)24(37)26(39)22(17)35/h1-5H. The molecule has 5 aromatic rings. The zero-order valence-electron chi connectivity index (χ0n) is 18.3. The minimum absolute atomic E-state index is 0.0288. The van der Waals surface area contributed by atoms with Gasteiger partial charge in [0.25, 0.3) is 0 Å². The summed E-state index contributed by atoms with van der Waals surface area (Å²) >= 11 is 0. The van der Waals surface area contributed by atoms with Crippen molar-refractivity contribution in [3.8, 4) is 22.3 Å². The summed E-state index contributed by atoms with van der Waals surface area (Å²) in [5.41, 5.74) is -4.82. The molecule has 0 amide bonds. The lowest BCUT2D eigenvalue weighted by atomic mass is 9.84. The fourth-order valence-electron chi connectivity index (χ4n) is 4.38. The molecule has 0 N–H and O–H groups in total. The number of rotatable bonds is 2. The summed E-state index contributed by atoms with van der Waals surface area (Å²) in [4.78, 5) is 0. The molecule has 13 heteroatoms. The first kappa shape index (κ1) is 26.3. The number of halogens is 13. The number of benzene rings is 5. The van der Waals surface area contributed by atoms with Gasteiger partial charge in [-0.15, -0.1) is 0 Å². The van der Waals surface area contributed by atoms with Gasteiger partial charge in [-0.1, -0.05) is 6.07 Å². The van der Waals surface area contributed by atoms with Crippen molar-refractivity contribution in [3.63, 3.8) is 0 Å². The van der Waals surface area contributed by atoms with Crippen molar-refractivity contribution in [1.82, 2.24) is 0 Å². The molecule has 0 saturated heterocycles. The van der Waals surface area contributed by atoms with E-state index in [4.69, 9.17) is 0 Å². The Bertz CT molecular complexity index is 1790. The van der Waals surface area contributed by atoms with Gasteiger partial charge in [-0.25, -0.2) is 57.1 Å². The fraction of sp³-hybridized carbons (Fsp3) is 0. The van der Waals surface area contributed by atoms with Crippen LogP contribution in [-0.2, 0) is 0 Å². The van der Waals surface area contributed by atoms with Gasteiger partial charge in [0.05, 0.1) is 0 Å². The van der Waals surface area contributed by atoms with Gasteiger partial charge in [0.15, 0.2) is 75.6 Å². The second kappa shape index (κ2) is 8.89. The van der Waals surface area contributed by atoms with Gasteiger partial charge in [-0.2, -0.15) is 0 Å². The van der Waals surface area contributed by atoms with Crippen molar-refractivity contribution in [2.45, 2.75) is 0 Å². The zero-order valence-corrected chi connectivity index (χ0v) is 18.3. The smallest absolute Gasteiger partial charge is 0.198 e. The van der Waals surface area contributed by atoms with E-state index in [1.54, 1.807) is 0 Å². The van der Waals surface area contributed by atoms with E-state index in [0.29, 0.717) is 12.1 Å². The normalized spacial score (nSPS) is 11.7. The first-order chi connectivity index (χ1) is 18.3. The molecule has 200 valence electrons. The van der Waals surface area contributed by atoms with E-state index in [2.05, 4.69) is 0 Å². The molecule has 5 rings (SSSR count). The maximum absolute atomic E-state index is 15.3. The highest BCUT2D eigenvalue weighted by molar-refractivity contribution is 6.22. The zero-order chi connectivity index (χ0) is 28.7. The summed E-state index contributed by atoms with van der Waals surface area (Å²) in [6.07, 6.45) is 0. The number of fused-ring (bicyclic) bond motifs is 2. The number of hydrogen-bond acceptors (Lipinski definition) is 0. The van der Waals surface area contributed by atoms with E-state index >= 15 is 17.6 Å². The summed E-state index contributed by atoms with van der Waals surface area (Å²) < 4.78 is 188. The molecular formula is C26H5F13. The minimum atomic E-state index is -2.58. The van der Waals surface area contributed by atoms with Crippen LogP contribution in [0.1, 0.15) is 0 Å². The van der Waals surface area contributed by atoms with E-state index in [1.807, 2.05) is 0 Å². The maximum atomic E-state index is 15.3. The molecule has 0 spiro atoms. The van der Waals surface area contributed by atoms with Gasteiger partial charge >= 0.3 is 0 Å². The van der Waals surface area contributed by atoms with Crippen LogP contribution in [-0.4, -0.2) is 0 Å². The Morgan fingerprint density at radius 3 is 0.974 bits per heavy atom. The molecular weight excluding hydrogens is 559 g/mol. The van der Waals surface area contributed by atoms with Gasteiger partial charge in [0.1, 0.15) is 0 Å². The third-order valence-electron chi connectivity index (χ3n) is 6.01. The Labute approximate surface area is 207 Å². The Morgan fingerprint density at radius 1 is 0.282 bits per heavy atom. The SMILES string of the molecule is Fc1ccc(-c2c3c(F)c(F)c(F)c(F)c3c(-c3cc(F)c(F)c(F)c3)c3c(F)c(F)c(F)c(F)c23)cc1F. The molecule has 0 aromatic heterocycles. The largest absolute Gasteiger partial charge is 0.204 e. The lowest BCUT2D eigenvalue weighted by Crippen LogP contribution is -2.07. The van der Waals surface area contributed by atoms with E-state index in [1.165, 1.54) is 0 Å². The average Bonchev–Trinajstić information content (AvgIpc) is 2.90. The van der Waals surface area contributed by atoms with Crippen molar-refractivity contribution < 1.29 is 57.1 Å². The van der Waals surface area contributed by atoms with Crippen molar-refractivity contribution in [2.75, 3.05) is 0 Å². The van der Waals surface area contributed by atoms with Gasteiger partial charge in [0, 0.05) is 32.7 Å². The predicted octanol–water partition coefficient (Wildman–Crippen LogP) is 9.14. The molecule has 0 heterocycles. The Morgan fingerprint density at radius 2 is 0.615 bits per heavy atom. The van der Waals surface area contributed by atoms with E-state index in [-0.39, 0.29) is 18.2 Å². The van der Waals surface area contributed by atoms with Gasteiger partial charge in [-0.05, 0) is 35.4 Å². The van der Waals surface area contributed by atoms with Crippen LogP contribution in [0.4, 0.5) is 57.1 Å². The first-order valence-corrected chi connectivity index (χ1v) is 10.3. The van der Waals surface area contributed by atoms with E-state index < -0.39 is 119 Å². The molecule has 0 radical (unpaired) electrons. The molecule has 39 heavy (non-hydrogen) atoms. The van der Waals surface area contributed by atoms with Crippen LogP contribution in [0.2, 0.25) is 0 Å². The molecule has 5 aromatic carbocycles. The Balaban J connectivity index is 2.24. The highest BCUT2D eigenvalue weighted by atomic mass is 19.2. The van der Waals surface area contributed by atoms with Crippen molar-refractivity contribution >= 4 is 21.5 Å². The lowest BCUT2D eigenvalue weighted by molar-refractivity contribution is 0.416. The summed E-state index contributed by atoms with van der Waals surface area (Å²) in [7, 11) is 0. The van der Waals surface area contributed by atoms with Gasteiger partial charge < -0.3 is 0 Å². The topological polar surface area (TPSA) is 0 Å². The molecule has 0 bridgehead atoms. The van der Waals surface area contributed by atoms with Gasteiger partial charge in [0.2, 0.25) is 0 Å². The van der Waals surface area contributed by atoms with E-state index in [9.17, 15) is 39.5 Å². The molecule has 0 saturated carbocycles. The summed E-state index contributed by atoms with van der Waals surface area (Å²) in [6.45, 7) is 0. The monoisotopic (exact) mass is 564 g/mol. The second-order valence-corrected chi connectivity index (χ2v) is 8.14. The third-order valence-corrected chi connectivity index (χ3v) is 6.01. The maximum Gasteiger partial charge on any atom is 0.198 e. The van der Waals surface area contributed by atoms with Crippen LogP contribution in [0.3, 0.4) is 0 Å². The molecule has 0 aliphatic heterocycles. The highest BCUT2D eigenvalue weighted by Crippen LogP contribution is 2.49. The lowest BCUT2D eigenvalue weighted by Gasteiger charge is -2.21. The summed E-state index contributed by atoms with van der Waals surface area (Å²) in [5.74, 6) is -29.3. The quantitative estimate of drug-likeness (QED) is 0.0869. The Hall–Kier alpha value is -4.29. The van der Waals surface area contributed by atoms with Crippen molar-refractivity contribution in [3.05, 3.63) is 106 Å². The van der Waals surface area contributed by atoms with Crippen molar-refractivity contribution in [1.29, 1.82) is 0 Å². The predicted molar refractivity (Wildman–Crippen MR) is 112 cm³/mol. The first-order valence-electron chi connectivity index (χ1n) is 10.3. The van der Waals surface area contributed by atoms with Crippen LogP contribution in [0.5, 0.6) is 0 Å². The molecule has 0 nitrogen and oxygen atoms in total. The minimum Gasteiger partial charge on any atom is -0.204 e. The van der Waals surface area contributed by atoms with Crippen LogP contribution >= 0.6 is 0 Å². The molecule has 0 fully saturated rings. The van der Waals surface area contributed by atoms with E-state index in [0.717, 1.165) is 0 Å². The molecule has 0 aliphatic carbocycles. The third kappa shape index (κ3) is 3.62. The van der Waals surface area contributed by atoms with Crippen LogP contribution in [0, 0.1) is 75.6 Å². The highest BCUT2D eigenvalue weighted by Gasteiger charge is 2.34. The summed E-state index contributed by atoms with van der Waals surface area (Å²) in [5, 5.41) is -6.33. The fourth-order valence-corrected chi connectivity index (χ4v) is 4.38. The van der Waals surface area contributed by atoms with Gasteiger partial charge in [-0.3, -0.25) is 0 Å². The Kier molecular flexibility index (Phi) is 6.00. The molecule has 0 atom stereocenters. The van der Waals surface area contributed by atoms with Crippen LogP contribution in [0.15, 0.2) is 30.3 Å². The second-order valence-electron chi connectivity index (χ2n) is 8.14. The molecule has 0 unspecified atom stereocenters. The summed E-state index contributed by atoms with van der Waals surface area (Å²) in [6, 6.07) is 1.16. The number of hydrogen-bond donors (Lipinski definition) is 0. The van der Waals surface area contributed by atoms with Crippen molar-refractivity contribution in [2.24, 2.45) is 0 Å².